The van der Waals surface area contributed by atoms with Gasteiger partial charge in [-0.25, -0.2) is 0 Å². The van der Waals surface area contributed by atoms with Crippen molar-refractivity contribution in [2.24, 2.45) is 0 Å². The van der Waals surface area contributed by atoms with Crippen LogP contribution in [0.1, 0.15) is 25.5 Å². The largest absolute Gasteiger partial charge is 0.548 e. The number of nitro groups is 1. The van der Waals surface area contributed by atoms with Crippen LogP contribution in [0.25, 0.3) is 17.4 Å². The first-order valence-electron chi connectivity index (χ1n) is 8.64. The highest BCUT2D eigenvalue weighted by molar-refractivity contribution is 8.26. The molecular weight excluding hydrogens is 416 g/mol. The van der Waals surface area contributed by atoms with Crippen molar-refractivity contribution in [1.82, 2.24) is 4.90 Å². The molecule has 1 aliphatic rings. The van der Waals surface area contributed by atoms with Gasteiger partial charge in [0, 0.05) is 23.8 Å². The quantitative estimate of drug-likeness (QED) is 0.284. The first-order chi connectivity index (χ1) is 13.8. The number of carboxylic acids is 1. The molecule has 10 heteroatoms. The van der Waals surface area contributed by atoms with Crippen LogP contribution in [0.2, 0.25) is 0 Å². The number of non-ortho nitro benzene ring substituents is 1. The van der Waals surface area contributed by atoms with E-state index in [0.717, 1.165) is 16.7 Å². The highest BCUT2D eigenvalue weighted by Gasteiger charge is 2.37. The number of nitrogens with zero attached hydrogens (tertiary/aromatic N) is 2. The smallest absolute Gasteiger partial charge is 0.269 e. The van der Waals surface area contributed by atoms with Gasteiger partial charge in [0.1, 0.15) is 15.8 Å². The Kier molecular flexibility index (Phi) is 6.14. The molecule has 3 rings (SSSR count). The van der Waals surface area contributed by atoms with Crippen LogP contribution < -0.4 is 5.11 Å². The second kappa shape index (κ2) is 8.58. The maximum Gasteiger partial charge on any atom is 0.269 e. The van der Waals surface area contributed by atoms with Gasteiger partial charge in [-0.1, -0.05) is 37.3 Å². The number of thiocarbonyl (C=S) groups is 1. The Labute approximate surface area is 175 Å². The summed E-state index contributed by atoms with van der Waals surface area (Å²) in [4.78, 5) is 35.7. The lowest BCUT2D eigenvalue weighted by Gasteiger charge is -2.27. The van der Waals surface area contributed by atoms with Crippen LogP contribution >= 0.6 is 24.0 Å². The third-order valence-electron chi connectivity index (χ3n) is 4.23. The summed E-state index contributed by atoms with van der Waals surface area (Å²) in [5.74, 6) is -1.00. The van der Waals surface area contributed by atoms with E-state index in [9.17, 15) is 24.8 Å². The Morgan fingerprint density at radius 2 is 2.00 bits per heavy atom. The van der Waals surface area contributed by atoms with Crippen LogP contribution in [0.15, 0.2) is 45.7 Å². The lowest BCUT2D eigenvalue weighted by molar-refractivity contribution is -0.384. The van der Waals surface area contributed by atoms with Gasteiger partial charge < -0.3 is 14.3 Å². The molecule has 0 spiro atoms. The fourth-order valence-corrected chi connectivity index (χ4v) is 4.17. The fraction of sp³-hybridized carbons (Fsp3) is 0.211. The van der Waals surface area contributed by atoms with Gasteiger partial charge in [0.15, 0.2) is 0 Å². The average molecular weight is 431 g/mol. The van der Waals surface area contributed by atoms with Crippen molar-refractivity contribution < 1.29 is 24.0 Å². The Morgan fingerprint density at radius 1 is 1.31 bits per heavy atom. The molecule has 0 unspecified atom stereocenters. The molecular formula is C19H15N2O6S2-. The molecule has 8 nitrogen and oxygen atoms in total. The Hall–Kier alpha value is -2.98. The zero-order valence-electron chi connectivity index (χ0n) is 15.2. The van der Waals surface area contributed by atoms with E-state index in [-0.39, 0.29) is 21.3 Å². The predicted molar refractivity (Wildman–Crippen MR) is 110 cm³/mol. The number of carbonyl (C=O) groups is 2. The van der Waals surface area contributed by atoms with Gasteiger partial charge in [-0.2, -0.15) is 0 Å². The van der Waals surface area contributed by atoms with E-state index in [0.29, 0.717) is 23.5 Å². The lowest BCUT2D eigenvalue weighted by atomic mass is 10.1. The molecule has 0 bridgehead atoms. The predicted octanol–water partition coefficient (Wildman–Crippen LogP) is 2.97. The topological polar surface area (TPSA) is 117 Å². The molecule has 29 heavy (non-hydrogen) atoms. The van der Waals surface area contributed by atoms with Crippen LogP contribution in [0.5, 0.6) is 0 Å². The standard InChI is InChI=1S/C19H16N2O6S2/c1-2-3-14(18(23)24)20-17(22)16(29-19(20)28)10-13-8-9-15(27-13)11-4-6-12(7-5-11)21(25)26/h4-10,14H,2-3H2,1H3,(H,23,24)/p-1/b16-10+/t14-/m0/s1. The second-order valence-electron chi connectivity index (χ2n) is 6.18. The lowest BCUT2D eigenvalue weighted by Crippen LogP contribution is -2.49. The normalized spacial score (nSPS) is 16.4. The number of carboxylic acid groups (broad SMARTS) is 1. The number of hydrogen-bond donors (Lipinski definition) is 0. The SMILES string of the molecule is CCC[C@@H](C(=O)[O-])N1C(=O)/C(=C\c2ccc(-c3ccc([N+](=O)[O-])cc3)o2)SC1=S. The number of amides is 1. The highest BCUT2D eigenvalue weighted by Crippen LogP contribution is 2.35. The molecule has 1 atom stereocenters. The minimum absolute atomic E-state index is 0.0289. The number of hydrogen-bond acceptors (Lipinski definition) is 8. The molecule has 0 aliphatic carbocycles. The molecule has 1 amide bonds. The Morgan fingerprint density at radius 3 is 2.59 bits per heavy atom. The van der Waals surface area contributed by atoms with E-state index in [1.54, 1.807) is 24.3 Å². The van der Waals surface area contributed by atoms with Crippen LogP contribution in [0.4, 0.5) is 5.69 Å². The maximum absolute atomic E-state index is 12.7. The molecule has 150 valence electrons. The number of rotatable bonds is 7. The molecule has 1 aromatic heterocycles. The van der Waals surface area contributed by atoms with Crippen LogP contribution in [0.3, 0.4) is 0 Å². The highest BCUT2D eigenvalue weighted by atomic mass is 32.2. The van der Waals surface area contributed by atoms with Crippen molar-refractivity contribution in [3.8, 4) is 11.3 Å². The summed E-state index contributed by atoms with van der Waals surface area (Å²) < 4.78 is 5.86. The van der Waals surface area contributed by atoms with Crippen molar-refractivity contribution in [2.45, 2.75) is 25.8 Å². The van der Waals surface area contributed by atoms with Gasteiger partial charge in [-0.3, -0.25) is 19.8 Å². The third-order valence-corrected chi connectivity index (χ3v) is 5.56. The molecule has 1 saturated heterocycles. The Balaban J connectivity index is 1.82. The van der Waals surface area contributed by atoms with Gasteiger partial charge in [0.05, 0.1) is 21.8 Å². The number of carbonyl (C=O) groups excluding carboxylic acids is 2. The summed E-state index contributed by atoms with van der Waals surface area (Å²) >= 11 is 6.19. The molecule has 1 fully saturated rings. The summed E-state index contributed by atoms with van der Waals surface area (Å²) in [5.41, 5.74) is 0.613. The first kappa shape index (κ1) is 20.7. The molecule has 1 aromatic carbocycles. The second-order valence-corrected chi connectivity index (χ2v) is 7.86. The van der Waals surface area contributed by atoms with Gasteiger partial charge in [0.2, 0.25) is 0 Å². The number of benzene rings is 1. The molecule has 0 radical (unpaired) electrons. The fourth-order valence-electron chi connectivity index (χ4n) is 2.84. The molecule has 2 heterocycles. The van der Waals surface area contributed by atoms with Gasteiger partial charge >= 0.3 is 0 Å². The van der Waals surface area contributed by atoms with E-state index < -0.39 is 22.8 Å². The van der Waals surface area contributed by atoms with Gasteiger partial charge in [-0.15, -0.1) is 0 Å². The number of furan rings is 1. The number of nitro benzene ring substituents is 1. The zero-order valence-corrected chi connectivity index (χ0v) is 16.8. The number of thioether (sulfide) groups is 1. The zero-order chi connectivity index (χ0) is 21.1. The van der Waals surface area contributed by atoms with Crippen LogP contribution in [0, 0.1) is 10.1 Å². The van der Waals surface area contributed by atoms with Crippen molar-refractivity contribution >= 4 is 51.9 Å². The summed E-state index contributed by atoms with van der Waals surface area (Å²) in [6, 6.07) is 8.09. The summed E-state index contributed by atoms with van der Waals surface area (Å²) in [5, 5.41) is 22.2. The van der Waals surface area contributed by atoms with Crippen molar-refractivity contribution in [2.75, 3.05) is 0 Å². The summed E-state index contributed by atoms with van der Waals surface area (Å²) in [7, 11) is 0. The minimum Gasteiger partial charge on any atom is -0.548 e. The number of aliphatic carboxylic acids is 1. The van der Waals surface area contributed by atoms with Gasteiger partial charge in [-0.05, 0) is 30.7 Å². The Bertz CT molecular complexity index is 1010. The van der Waals surface area contributed by atoms with E-state index in [1.807, 2.05) is 6.92 Å². The average Bonchev–Trinajstić information content (AvgIpc) is 3.25. The van der Waals surface area contributed by atoms with Crippen molar-refractivity contribution in [1.29, 1.82) is 0 Å². The van der Waals surface area contributed by atoms with Gasteiger partial charge in [0.25, 0.3) is 11.6 Å². The van der Waals surface area contributed by atoms with E-state index in [1.165, 1.54) is 18.2 Å². The van der Waals surface area contributed by atoms with Crippen molar-refractivity contribution in [3.63, 3.8) is 0 Å². The monoisotopic (exact) mass is 431 g/mol. The van der Waals surface area contributed by atoms with Crippen LogP contribution in [-0.2, 0) is 9.59 Å². The first-order valence-corrected chi connectivity index (χ1v) is 9.87. The molecule has 0 N–H and O–H groups in total. The molecule has 2 aromatic rings. The minimum atomic E-state index is -1.34. The van der Waals surface area contributed by atoms with E-state index in [2.05, 4.69) is 0 Å². The maximum atomic E-state index is 12.7. The molecule has 0 saturated carbocycles. The summed E-state index contributed by atoms with van der Waals surface area (Å²) in [6.07, 6.45) is 2.30. The van der Waals surface area contributed by atoms with Crippen LogP contribution in [-0.4, -0.2) is 32.1 Å². The molecule has 1 aliphatic heterocycles. The van der Waals surface area contributed by atoms with E-state index in [4.69, 9.17) is 16.6 Å². The third kappa shape index (κ3) is 4.38. The van der Waals surface area contributed by atoms with Crippen molar-refractivity contribution in [3.05, 3.63) is 57.2 Å². The van der Waals surface area contributed by atoms with E-state index >= 15 is 0 Å². The summed E-state index contributed by atoms with van der Waals surface area (Å²) in [6.45, 7) is 1.81.